The molecule has 0 amide bonds. The molecule has 3 N–H and O–H groups in total. The highest BCUT2D eigenvalue weighted by Crippen LogP contribution is 2.45. The first-order valence-corrected chi connectivity index (χ1v) is 10.5. The Labute approximate surface area is 167 Å². The van der Waals surface area contributed by atoms with Gasteiger partial charge >= 0.3 is 0 Å². The smallest absolute Gasteiger partial charge is 0.224 e. The minimum Gasteiger partial charge on any atom is -0.493 e. The van der Waals surface area contributed by atoms with Crippen molar-refractivity contribution in [3.05, 3.63) is 29.5 Å². The number of benzene rings is 1. The van der Waals surface area contributed by atoms with Crippen LogP contribution in [0, 0.1) is 6.92 Å². The fraction of sp³-hybridized carbons (Fsp3) is 0.545. The third-order valence-electron chi connectivity index (χ3n) is 5.74. The van der Waals surface area contributed by atoms with Gasteiger partial charge in [0.15, 0.2) is 0 Å². The summed E-state index contributed by atoms with van der Waals surface area (Å²) in [6.45, 7) is 6.33. The van der Waals surface area contributed by atoms with Gasteiger partial charge in [0.1, 0.15) is 11.6 Å². The van der Waals surface area contributed by atoms with E-state index in [4.69, 9.17) is 10.5 Å². The van der Waals surface area contributed by atoms with E-state index in [1.165, 1.54) is 44.3 Å². The van der Waals surface area contributed by atoms with Gasteiger partial charge in [0.05, 0.1) is 12.3 Å². The average Bonchev–Trinajstić information content (AvgIpc) is 3.40. The Kier molecular flexibility index (Phi) is 5.67. The molecule has 2 aromatic rings. The van der Waals surface area contributed by atoms with Crippen LogP contribution in [0.15, 0.2) is 18.2 Å². The number of rotatable bonds is 8. The maximum atomic E-state index is 6.26. The van der Waals surface area contributed by atoms with Crippen molar-refractivity contribution in [1.29, 1.82) is 0 Å². The van der Waals surface area contributed by atoms with E-state index in [1.54, 1.807) is 7.05 Å². The molecule has 1 aliphatic carbocycles. The molecule has 0 spiro atoms. The summed E-state index contributed by atoms with van der Waals surface area (Å²) in [6.07, 6.45) is 6.25. The second-order valence-electron chi connectivity index (χ2n) is 7.92. The summed E-state index contributed by atoms with van der Waals surface area (Å²) in [6, 6.07) is 6.46. The number of anilines is 2. The van der Waals surface area contributed by atoms with Crippen molar-refractivity contribution in [3.8, 4) is 16.9 Å². The Morgan fingerprint density at radius 1 is 1.21 bits per heavy atom. The van der Waals surface area contributed by atoms with Gasteiger partial charge in [0.25, 0.3) is 0 Å². The maximum Gasteiger partial charge on any atom is 0.224 e. The zero-order valence-corrected chi connectivity index (χ0v) is 17.0. The van der Waals surface area contributed by atoms with Crippen molar-refractivity contribution < 1.29 is 4.74 Å². The molecular formula is C22H31N5O. The van der Waals surface area contributed by atoms with Crippen LogP contribution in [0.2, 0.25) is 0 Å². The Bertz CT molecular complexity index is 805. The standard InChI is InChI=1S/C22H31N5O/c1-15-20(21(23)26-22(24-2)25-15)17-8-9-18(16-6-7-16)19(14-17)28-13-5-12-27-10-3-4-11-27/h8-9,14,16H,3-7,10-13H2,1-2H3,(H3,23,24,25,26). The van der Waals surface area contributed by atoms with Crippen LogP contribution in [0.1, 0.15) is 49.3 Å². The van der Waals surface area contributed by atoms with E-state index in [-0.39, 0.29) is 0 Å². The number of aromatic nitrogens is 2. The largest absolute Gasteiger partial charge is 0.493 e. The SMILES string of the molecule is CNc1nc(C)c(-c2ccc(C3CC3)c(OCCCN3CCCC3)c2)c(N)n1. The van der Waals surface area contributed by atoms with Gasteiger partial charge in [0.2, 0.25) is 5.95 Å². The second kappa shape index (κ2) is 8.35. The summed E-state index contributed by atoms with van der Waals surface area (Å²) in [5.74, 6) is 2.68. The molecule has 6 heteroatoms. The molecule has 4 rings (SSSR count). The minimum atomic E-state index is 0.496. The molecular weight excluding hydrogens is 350 g/mol. The molecule has 1 aromatic carbocycles. The summed E-state index contributed by atoms with van der Waals surface area (Å²) >= 11 is 0. The molecule has 0 bridgehead atoms. The van der Waals surface area contributed by atoms with Gasteiger partial charge in [-0.2, -0.15) is 4.98 Å². The average molecular weight is 382 g/mol. The van der Waals surface area contributed by atoms with Crippen molar-refractivity contribution in [2.24, 2.45) is 0 Å². The lowest BCUT2D eigenvalue weighted by atomic mass is 10.0. The lowest BCUT2D eigenvalue weighted by molar-refractivity contribution is 0.262. The summed E-state index contributed by atoms with van der Waals surface area (Å²) in [5, 5.41) is 2.96. The highest BCUT2D eigenvalue weighted by molar-refractivity contribution is 5.78. The Morgan fingerprint density at radius 2 is 2.00 bits per heavy atom. The number of nitrogens with zero attached hydrogens (tertiary/aromatic N) is 3. The quantitative estimate of drug-likeness (QED) is 0.677. The van der Waals surface area contributed by atoms with Crippen LogP contribution in [0.4, 0.5) is 11.8 Å². The number of nitrogen functional groups attached to an aromatic ring is 1. The highest BCUT2D eigenvalue weighted by atomic mass is 16.5. The predicted molar refractivity (Wildman–Crippen MR) is 114 cm³/mol. The van der Waals surface area contributed by atoms with Crippen LogP contribution < -0.4 is 15.8 Å². The third-order valence-corrected chi connectivity index (χ3v) is 5.74. The molecule has 1 aliphatic heterocycles. The van der Waals surface area contributed by atoms with E-state index in [9.17, 15) is 0 Å². The summed E-state index contributed by atoms with van der Waals surface area (Å²) in [5.41, 5.74) is 10.4. The van der Waals surface area contributed by atoms with Crippen LogP contribution in [0.25, 0.3) is 11.1 Å². The molecule has 2 aliphatic rings. The number of likely N-dealkylation sites (tertiary alicyclic amines) is 1. The number of hydrogen-bond acceptors (Lipinski definition) is 6. The van der Waals surface area contributed by atoms with E-state index in [0.29, 0.717) is 17.7 Å². The predicted octanol–water partition coefficient (Wildman–Crippen LogP) is 3.82. The zero-order valence-electron chi connectivity index (χ0n) is 17.0. The van der Waals surface area contributed by atoms with E-state index < -0.39 is 0 Å². The van der Waals surface area contributed by atoms with Crippen molar-refractivity contribution in [2.45, 2.75) is 44.9 Å². The Balaban J connectivity index is 1.52. The van der Waals surface area contributed by atoms with Crippen LogP contribution >= 0.6 is 0 Å². The van der Waals surface area contributed by atoms with Gasteiger partial charge in [-0.25, -0.2) is 4.98 Å². The maximum absolute atomic E-state index is 6.26. The monoisotopic (exact) mass is 381 g/mol. The Morgan fingerprint density at radius 3 is 2.68 bits per heavy atom. The van der Waals surface area contributed by atoms with Crippen molar-refractivity contribution in [2.75, 3.05) is 44.3 Å². The third kappa shape index (κ3) is 4.22. The van der Waals surface area contributed by atoms with Gasteiger partial charge in [-0.1, -0.05) is 12.1 Å². The number of aryl methyl sites for hydroxylation is 1. The van der Waals surface area contributed by atoms with Crippen LogP contribution in [0.3, 0.4) is 0 Å². The van der Waals surface area contributed by atoms with Gasteiger partial charge in [-0.3, -0.25) is 0 Å². The van der Waals surface area contributed by atoms with Gasteiger partial charge in [0, 0.05) is 19.2 Å². The Hall–Kier alpha value is -2.34. The molecule has 0 atom stereocenters. The number of ether oxygens (including phenoxy) is 1. The van der Waals surface area contributed by atoms with Crippen molar-refractivity contribution in [3.63, 3.8) is 0 Å². The molecule has 1 saturated carbocycles. The number of hydrogen-bond donors (Lipinski definition) is 2. The number of nitrogens with two attached hydrogens (primary N) is 1. The molecule has 2 heterocycles. The van der Waals surface area contributed by atoms with Gasteiger partial charge < -0.3 is 20.7 Å². The van der Waals surface area contributed by atoms with Crippen molar-refractivity contribution in [1.82, 2.24) is 14.9 Å². The lowest BCUT2D eigenvalue weighted by Gasteiger charge is -2.17. The highest BCUT2D eigenvalue weighted by Gasteiger charge is 2.27. The van der Waals surface area contributed by atoms with E-state index in [2.05, 4.69) is 38.4 Å². The fourth-order valence-electron chi connectivity index (χ4n) is 4.09. The second-order valence-corrected chi connectivity index (χ2v) is 7.92. The molecule has 6 nitrogen and oxygen atoms in total. The van der Waals surface area contributed by atoms with E-state index >= 15 is 0 Å². The molecule has 2 fully saturated rings. The molecule has 28 heavy (non-hydrogen) atoms. The normalized spacial score (nSPS) is 17.1. The zero-order chi connectivity index (χ0) is 19.5. The van der Waals surface area contributed by atoms with Gasteiger partial charge in [-0.15, -0.1) is 0 Å². The summed E-state index contributed by atoms with van der Waals surface area (Å²) in [7, 11) is 1.80. The first-order valence-electron chi connectivity index (χ1n) is 10.5. The molecule has 1 saturated heterocycles. The molecule has 150 valence electrons. The van der Waals surface area contributed by atoms with Crippen molar-refractivity contribution >= 4 is 11.8 Å². The first-order chi connectivity index (χ1) is 13.7. The first kappa shape index (κ1) is 19.0. The summed E-state index contributed by atoms with van der Waals surface area (Å²) in [4.78, 5) is 11.4. The van der Waals surface area contributed by atoms with E-state index in [0.717, 1.165) is 42.1 Å². The number of nitrogens with one attached hydrogen (secondary N) is 1. The van der Waals surface area contributed by atoms with Crippen LogP contribution in [-0.2, 0) is 0 Å². The molecule has 0 radical (unpaired) electrons. The van der Waals surface area contributed by atoms with Crippen LogP contribution in [-0.4, -0.2) is 48.2 Å². The van der Waals surface area contributed by atoms with Crippen LogP contribution in [0.5, 0.6) is 5.75 Å². The topological polar surface area (TPSA) is 76.3 Å². The van der Waals surface area contributed by atoms with Gasteiger partial charge in [-0.05, 0) is 75.2 Å². The van der Waals surface area contributed by atoms with E-state index in [1.807, 2.05) is 6.92 Å². The molecule has 1 aromatic heterocycles. The molecule has 0 unspecified atom stereocenters. The fourth-order valence-corrected chi connectivity index (χ4v) is 4.09. The lowest BCUT2D eigenvalue weighted by Crippen LogP contribution is -2.22. The summed E-state index contributed by atoms with van der Waals surface area (Å²) < 4.78 is 6.26. The minimum absolute atomic E-state index is 0.496.